The minimum atomic E-state index is 0.376. The summed E-state index contributed by atoms with van der Waals surface area (Å²) < 4.78 is 2.27. The topological polar surface area (TPSA) is 29.9 Å². The summed E-state index contributed by atoms with van der Waals surface area (Å²) in [7, 11) is 2.03. The normalized spacial score (nSPS) is 15.0. The van der Waals surface area contributed by atoms with E-state index in [1.165, 1.54) is 18.7 Å². The van der Waals surface area contributed by atoms with E-state index >= 15 is 0 Å². The van der Waals surface area contributed by atoms with Crippen LogP contribution in [0.2, 0.25) is 0 Å². The Morgan fingerprint density at radius 1 is 1.38 bits per heavy atom. The van der Waals surface area contributed by atoms with E-state index in [4.69, 9.17) is 0 Å². The van der Waals surface area contributed by atoms with Gasteiger partial charge in [-0.25, -0.2) is 4.98 Å². The van der Waals surface area contributed by atoms with Crippen molar-refractivity contribution < 1.29 is 0 Å². The fourth-order valence-corrected chi connectivity index (χ4v) is 2.32. The lowest BCUT2D eigenvalue weighted by Crippen LogP contribution is -2.26. The predicted molar refractivity (Wildman–Crippen MR) is 68.4 cm³/mol. The van der Waals surface area contributed by atoms with Gasteiger partial charge in [0.25, 0.3) is 0 Å². The molecule has 0 aromatic carbocycles. The van der Waals surface area contributed by atoms with Crippen LogP contribution in [0.3, 0.4) is 0 Å². The Morgan fingerprint density at radius 3 is 2.69 bits per heavy atom. The molecule has 0 radical (unpaired) electrons. The minimum Gasteiger partial charge on any atom is -0.334 e. The highest BCUT2D eigenvalue weighted by molar-refractivity contribution is 5.01. The average Bonchev–Trinajstić information content (AvgIpc) is 2.69. The van der Waals surface area contributed by atoms with Crippen molar-refractivity contribution in [1.82, 2.24) is 14.9 Å². The first-order valence-electron chi connectivity index (χ1n) is 6.42. The number of imidazole rings is 1. The molecule has 2 atom stereocenters. The van der Waals surface area contributed by atoms with E-state index in [9.17, 15) is 0 Å². The zero-order valence-electron chi connectivity index (χ0n) is 11.0. The lowest BCUT2D eigenvalue weighted by molar-refractivity contribution is 0.357. The van der Waals surface area contributed by atoms with Gasteiger partial charge in [-0.1, -0.05) is 27.2 Å². The van der Waals surface area contributed by atoms with E-state index in [1.807, 2.05) is 13.2 Å². The van der Waals surface area contributed by atoms with Crippen LogP contribution in [0.1, 0.15) is 51.9 Å². The molecular formula is C13H25N3. The van der Waals surface area contributed by atoms with Crippen LogP contribution in [0.5, 0.6) is 0 Å². The number of aryl methyl sites for hydroxylation is 1. The molecule has 1 aromatic rings. The number of hydrogen-bond acceptors (Lipinski definition) is 2. The Balaban J connectivity index is 2.81. The summed E-state index contributed by atoms with van der Waals surface area (Å²) in [5.74, 6) is 1.82. The zero-order chi connectivity index (χ0) is 12.0. The van der Waals surface area contributed by atoms with Crippen LogP contribution in [0, 0.1) is 5.92 Å². The first kappa shape index (κ1) is 13.2. The van der Waals surface area contributed by atoms with E-state index in [2.05, 4.69) is 41.8 Å². The molecule has 0 aliphatic rings. The second kappa shape index (κ2) is 6.69. The van der Waals surface area contributed by atoms with Crippen LogP contribution in [0.25, 0.3) is 0 Å². The van der Waals surface area contributed by atoms with E-state index in [0.717, 1.165) is 13.0 Å². The van der Waals surface area contributed by atoms with E-state index in [0.29, 0.717) is 12.0 Å². The Kier molecular flexibility index (Phi) is 5.53. The SMILES string of the molecule is CCCC(C)C(NC)c1nccn1CCC. The van der Waals surface area contributed by atoms with Crippen molar-refractivity contribution in [2.75, 3.05) is 7.05 Å². The summed E-state index contributed by atoms with van der Waals surface area (Å²) >= 11 is 0. The van der Waals surface area contributed by atoms with Crippen LogP contribution in [0.4, 0.5) is 0 Å². The molecule has 2 unspecified atom stereocenters. The van der Waals surface area contributed by atoms with Gasteiger partial charge in [-0.2, -0.15) is 0 Å². The van der Waals surface area contributed by atoms with Gasteiger partial charge in [-0.3, -0.25) is 0 Å². The Bertz CT molecular complexity index is 293. The summed E-state index contributed by atoms with van der Waals surface area (Å²) in [6, 6.07) is 0.376. The quantitative estimate of drug-likeness (QED) is 0.770. The van der Waals surface area contributed by atoms with Crippen molar-refractivity contribution in [1.29, 1.82) is 0 Å². The van der Waals surface area contributed by atoms with Gasteiger partial charge in [-0.05, 0) is 25.8 Å². The van der Waals surface area contributed by atoms with Gasteiger partial charge in [0.15, 0.2) is 0 Å². The van der Waals surface area contributed by atoms with E-state index < -0.39 is 0 Å². The smallest absolute Gasteiger partial charge is 0.126 e. The van der Waals surface area contributed by atoms with Gasteiger partial charge < -0.3 is 9.88 Å². The first-order valence-corrected chi connectivity index (χ1v) is 6.42. The molecule has 0 saturated heterocycles. The fourth-order valence-electron chi connectivity index (χ4n) is 2.32. The van der Waals surface area contributed by atoms with Gasteiger partial charge in [0.05, 0.1) is 6.04 Å². The molecule has 1 rings (SSSR count). The summed E-state index contributed by atoms with van der Waals surface area (Å²) in [4.78, 5) is 4.51. The average molecular weight is 223 g/mol. The Morgan fingerprint density at radius 2 is 2.12 bits per heavy atom. The van der Waals surface area contributed by atoms with Gasteiger partial charge >= 0.3 is 0 Å². The van der Waals surface area contributed by atoms with Crippen molar-refractivity contribution >= 4 is 0 Å². The maximum atomic E-state index is 4.51. The number of nitrogens with zero attached hydrogens (tertiary/aromatic N) is 2. The molecule has 1 heterocycles. The van der Waals surface area contributed by atoms with Crippen LogP contribution in [-0.2, 0) is 6.54 Å². The number of nitrogens with one attached hydrogen (secondary N) is 1. The first-order chi connectivity index (χ1) is 7.74. The molecule has 3 heteroatoms. The second-order valence-corrected chi connectivity index (χ2v) is 4.51. The van der Waals surface area contributed by atoms with Gasteiger partial charge in [0.2, 0.25) is 0 Å². The third-order valence-corrected chi connectivity index (χ3v) is 3.11. The Labute approximate surface area is 99.3 Å². The van der Waals surface area contributed by atoms with Crippen molar-refractivity contribution in [3.63, 3.8) is 0 Å². The summed E-state index contributed by atoms with van der Waals surface area (Å²) in [6.45, 7) is 7.80. The molecule has 0 spiro atoms. The third-order valence-electron chi connectivity index (χ3n) is 3.11. The molecule has 0 bridgehead atoms. The predicted octanol–water partition coefficient (Wildman–Crippen LogP) is 2.99. The largest absolute Gasteiger partial charge is 0.334 e. The van der Waals surface area contributed by atoms with Gasteiger partial charge in [-0.15, -0.1) is 0 Å². The minimum absolute atomic E-state index is 0.376. The summed E-state index contributed by atoms with van der Waals surface area (Å²) in [5, 5.41) is 3.40. The molecule has 0 fully saturated rings. The summed E-state index contributed by atoms with van der Waals surface area (Å²) in [5.41, 5.74) is 0. The fraction of sp³-hybridized carbons (Fsp3) is 0.769. The molecule has 3 nitrogen and oxygen atoms in total. The summed E-state index contributed by atoms with van der Waals surface area (Å²) in [6.07, 6.45) is 7.62. The van der Waals surface area contributed by atoms with Crippen molar-refractivity contribution in [3.05, 3.63) is 18.2 Å². The molecule has 0 amide bonds. The van der Waals surface area contributed by atoms with E-state index in [-0.39, 0.29) is 0 Å². The third kappa shape index (κ3) is 3.08. The molecule has 92 valence electrons. The maximum absolute atomic E-state index is 4.51. The highest BCUT2D eigenvalue weighted by Gasteiger charge is 2.20. The van der Waals surface area contributed by atoms with Gasteiger partial charge in [0, 0.05) is 18.9 Å². The van der Waals surface area contributed by atoms with Crippen LogP contribution in [-0.4, -0.2) is 16.6 Å². The Hall–Kier alpha value is -0.830. The molecule has 0 aliphatic carbocycles. The lowest BCUT2D eigenvalue weighted by atomic mass is 9.96. The highest BCUT2D eigenvalue weighted by Crippen LogP contribution is 2.24. The molecular weight excluding hydrogens is 198 g/mol. The maximum Gasteiger partial charge on any atom is 0.126 e. The molecule has 1 aromatic heterocycles. The number of hydrogen-bond donors (Lipinski definition) is 1. The molecule has 0 aliphatic heterocycles. The zero-order valence-corrected chi connectivity index (χ0v) is 11.0. The highest BCUT2D eigenvalue weighted by atomic mass is 15.1. The van der Waals surface area contributed by atoms with E-state index in [1.54, 1.807) is 0 Å². The standard InChI is InChI=1S/C13H25N3/c1-5-7-11(3)12(14-4)13-15-8-10-16(13)9-6-2/h8,10-12,14H,5-7,9H2,1-4H3. The van der Waals surface area contributed by atoms with Crippen molar-refractivity contribution in [2.45, 2.75) is 52.6 Å². The van der Waals surface area contributed by atoms with Crippen LogP contribution < -0.4 is 5.32 Å². The van der Waals surface area contributed by atoms with Crippen molar-refractivity contribution in [2.24, 2.45) is 5.92 Å². The molecule has 1 N–H and O–H groups in total. The number of rotatable bonds is 7. The van der Waals surface area contributed by atoms with Crippen LogP contribution >= 0.6 is 0 Å². The van der Waals surface area contributed by atoms with Crippen LogP contribution in [0.15, 0.2) is 12.4 Å². The molecule has 16 heavy (non-hydrogen) atoms. The monoisotopic (exact) mass is 223 g/mol. The lowest BCUT2D eigenvalue weighted by Gasteiger charge is -2.23. The van der Waals surface area contributed by atoms with Gasteiger partial charge in [0.1, 0.15) is 5.82 Å². The molecule has 0 saturated carbocycles. The second-order valence-electron chi connectivity index (χ2n) is 4.51. The van der Waals surface area contributed by atoms with Crippen molar-refractivity contribution in [3.8, 4) is 0 Å². The number of aromatic nitrogens is 2.